The molecule has 0 saturated carbocycles. The van der Waals surface area contributed by atoms with E-state index in [2.05, 4.69) is 13.8 Å². The molecule has 0 aromatic heterocycles. The third-order valence-corrected chi connectivity index (χ3v) is 4.65. The quantitative estimate of drug-likeness (QED) is 0.569. The van der Waals surface area contributed by atoms with Crippen LogP contribution in [0.3, 0.4) is 0 Å². The van der Waals surface area contributed by atoms with Gasteiger partial charge in [-0.2, -0.15) is 0 Å². The summed E-state index contributed by atoms with van der Waals surface area (Å²) in [7, 11) is 0. The second kappa shape index (κ2) is 1.92. The predicted octanol–water partition coefficient (Wildman–Crippen LogP) is -0.478. The molecule has 2 nitrogen and oxygen atoms in total. The maximum atomic E-state index is 5.64. The summed E-state index contributed by atoms with van der Waals surface area (Å²) in [5.74, 6) is 0. The Labute approximate surface area is 56.2 Å². The molecule has 8 heavy (non-hydrogen) atoms. The van der Waals surface area contributed by atoms with Crippen LogP contribution in [0, 0.1) is 0 Å². The van der Waals surface area contributed by atoms with Gasteiger partial charge in [0, 0.05) is 0 Å². The van der Waals surface area contributed by atoms with E-state index in [1.807, 2.05) is 0 Å². The SMILES string of the molecule is CC[N+]1(CC)[Se]=C1N. The van der Waals surface area contributed by atoms with Crippen molar-refractivity contribution in [2.75, 3.05) is 13.1 Å². The van der Waals surface area contributed by atoms with Crippen molar-refractivity contribution in [1.82, 2.24) is 0 Å². The van der Waals surface area contributed by atoms with Gasteiger partial charge in [-0.25, -0.2) is 0 Å². The summed E-state index contributed by atoms with van der Waals surface area (Å²) in [6.07, 6.45) is 0. The average Bonchev–Trinajstić information content (AvgIpc) is 2.43. The normalized spacial score (nSPS) is 22.6. The van der Waals surface area contributed by atoms with Crippen molar-refractivity contribution in [2.45, 2.75) is 13.8 Å². The van der Waals surface area contributed by atoms with Gasteiger partial charge in [0.15, 0.2) is 0 Å². The number of nitrogens with zero attached hydrogens (tertiary/aromatic N) is 1. The van der Waals surface area contributed by atoms with Gasteiger partial charge in [-0.3, -0.25) is 0 Å². The van der Waals surface area contributed by atoms with Crippen LogP contribution in [0.2, 0.25) is 0 Å². The van der Waals surface area contributed by atoms with Crippen LogP contribution in [-0.2, 0) is 0 Å². The van der Waals surface area contributed by atoms with Crippen LogP contribution in [0.5, 0.6) is 0 Å². The zero-order valence-electron chi connectivity index (χ0n) is 5.35. The minimum atomic E-state index is 0.628. The first-order valence-corrected chi connectivity index (χ1v) is 4.57. The van der Waals surface area contributed by atoms with Crippen LogP contribution in [0.1, 0.15) is 13.8 Å². The zero-order chi connectivity index (χ0) is 6.20. The van der Waals surface area contributed by atoms with Crippen LogP contribution in [0.25, 0.3) is 0 Å². The van der Waals surface area contributed by atoms with Crippen molar-refractivity contribution < 1.29 is 3.50 Å². The van der Waals surface area contributed by atoms with E-state index >= 15 is 0 Å². The standard InChI is InChI=1S/C5H12N2Se/c1-3-7(4-2)5(6)8-7/h3-4,6H2,1-2H3/q+1. The fourth-order valence-electron chi connectivity index (χ4n) is 0.823. The van der Waals surface area contributed by atoms with Crippen molar-refractivity contribution in [3.05, 3.63) is 0 Å². The summed E-state index contributed by atoms with van der Waals surface area (Å²) in [4.78, 5) is 0. The third-order valence-electron chi connectivity index (χ3n) is 1.66. The number of hydrogen-bond donors (Lipinski definition) is 1. The van der Waals surface area contributed by atoms with E-state index < -0.39 is 0 Å². The number of rotatable bonds is 2. The van der Waals surface area contributed by atoms with Gasteiger partial charge < -0.3 is 0 Å². The predicted molar refractivity (Wildman–Crippen MR) is 36.3 cm³/mol. The molecule has 0 aromatic rings. The molecule has 0 atom stereocenters. The fourth-order valence-corrected chi connectivity index (χ4v) is 2.57. The van der Waals surface area contributed by atoms with Crippen LogP contribution in [0.15, 0.2) is 0 Å². The molecule has 1 heterocycles. The molecular weight excluding hydrogens is 167 g/mol. The van der Waals surface area contributed by atoms with E-state index in [1.165, 1.54) is 17.8 Å². The molecule has 0 bridgehead atoms. The molecule has 1 radical (unpaired) electrons. The monoisotopic (exact) mass is 180 g/mol. The molecule has 0 amide bonds. The van der Waals surface area contributed by atoms with Crippen LogP contribution < -0.4 is 5.73 Å². The van der Waals surface area contributed by atoms with Crippen molar-refractivity contribution >= 4 is 19.4 Å². The molecule has 1 rings (SSSR count). The summed E-state index contributed by atoms with van der Waals surface area (Å²) in [5.41, 5.74) is 5.64. The first-order valence-electron chi connectivity index (χ1n) is 2.95. The molecule has 0 spiro atoms. The first kappa shape index (κ1) is 6.43. The van der Waals surface area contributed by atoms with Crippen molar-refractivity contribution in [3.63, 3.8) is 0 Å². The van der Waals surface area contributed by atoms with Gasteiger partial charge >= 0.3 is 55.6 Å². The topological polar surface area (TPSA) is 26.0 Å². The molecule has 0 saturated heterocycles. The summed E-state index contributed by atoms with van der Waals surface area (Å²) in [5, 5.41) is 0. The molecule has 0 aromatic carbocycles. The van der Waals surface area contributed by atoms with Crippen molar-refractivity contribution in [1.29, 1.82) is 0 Å². The first-order chi connectivity index (χ1) is 3.75. The Morgan fingerprint density at radius 3 is 1.88 bits per heavy atom. The van der Waals surface area contributed by atoms with E-state index in [1.54, 1.807) is 0 Å². The second-order valence-electron chi connectivity index (χ2n) is 1.95. The van der Waals surface area contributed by atoms with Gasteiger partial charge in [0.25, 0.3) is 0 Å². The van der Waals surface area contributed by atoms with Gasteiger partial charge in [0.1, 0.15) is 0 Å². The molecular formula is C5H12N2Se+. The van der Waals surface area contributed by atoms with Gasteiger partial charge in [-0.05, 0) is 0 Å². The summed E-state index contributed by atoms with van der Waals surface area (Å²) in [6, 6.07) is 0. The molecule has 47 valence electrons. The van der Waals surface area contributed by atoms with Gasteiger partial charge in [-0.1, -0.05) is 0 Å². The summed E-state index contributed by atoms with van der Waals surface area (Å²) < 4.78 is 2.36. The van der Waals surface area contributed by atoms with Crippen LogP contribution in [-0.4, -0.2) is 36.0 Å². The molecule has 0 unspecified atom stereocenters. The third kappa shape index (κ3) is 0.759. The van der Waals surface area contributed by atoms with Gasteiger partial charge in [-0.15, -0.1) is 0 Å². The molecule has 1 aliphatic heterocycles. The molecule has 0 fully saturated rings. The number of quaternary nitrogens is 1. The number of hydrogen-bond acceptors (Lipinski definition) is 1. The van der Waals surface area contributed by atoms with Crippen LogP contribution >= 0.6 is 0 Å². The van der Waals surface area contributed by atoms with E-state index in [9.17, 15) is 0 Å². The van der Waals surface area contributed by atoms with Gasteiger partial charge in [0.05, 0.1) is 0 Å². The summed E-state index contributed by atoms with van der Waals surface area (Å²) in [6.45, 7) is 6.79. The Balaban J connectivity index is 2.44. The van der Waals surface area contributed by atoms with E-state index in [4.69, 9.17) is 5.73 Å². The molecule has 0 aliphatic carbocycles. The second-order valence-corrected chi connectivity index (χ2v) is 4.68. The number of nitrogens with two attached hydrogens (primary N) is 1. The fraction of sp³-hybridized carbons (Fsp3) is 0.800. The Bertz CT molecular complexity index is 126. The average molecular weight is 179 g/mol. The Morgan fingerprint density at radius 1 is 1.50 bits per heavy atom. The summed E-state index contributed by atoms with van der Waals surface area (Å²) >= 11 is 0.628. The van der Waals surface area contributed by atoms with E-state index in [-0.39, 0.29) is 0 Å². The Hall–Kier alpha value is 0.309. The minimum absolute atomic E-state index is 0.628. The molecule has 3 heteroatoms. The van der Waals surface area contributed by atoms with E-state index in [0.29, 0.717) is 14.7 Å². The van der Waals surface area contributed by atoms with Gasteiger partial charge in [0.2, 0.25) is 0 Å². The zero-order valence-corrected chi connectivity index (χ0v) is 7.06. The van der Waals surface area contributed by atoms with Crippen LogP contribution in [0.4, 0.5) is 0 Å². The molecule has 1 aliphatic rings. The molecule has 2 N–H and O–H groups in total. The van der Waals surface area contributed by atoms with Crippen molar-refractivity contribution in [2.24, 2.45) is 5.73 Å². The maximum absolute atomic E-state index is 5.64. The van der Waals surface area contributed by atoms with Crippen molar-refractivity contribution in [3.8, 4) is 0 Å². The Morgan fingerprint density at radius 2 is 1.88 bits per heavy atom. The Kier molecular flexibility index (Phi) is 1.54. The van der Waals surface area contributed by atoms with E-state index in [0.717, 1.165) is 3.50 Å².